The van der Waals surface area contributed by atoms with E-state index in [2.05, 4.69) is 10.5 Å². The van der Waals surface area contributed by atoms with Crippen LogP contribution in [-0.4, -0.2) is 30.6 Å². The van der Waals surface area contributed by atoms with Crippen LogP contribution in [0.2, 0.25) is 0 Å². The van der Waals surface area contributed by atoms with E-state index in [0.717, 1.165) is 0 Å². The monoisotopic (exact) mass is 264 g/mol. The van der Waals surface area contributed by atoms with Gasteiger partial charge < -0.3 is 9.47 Å². The minimum atomic E-state index is -0.583. The Balaban J connectivity index is 1.75. The van der Waals surface area contributed by atoms with Crippen molar-refractivity contribution in [2.24, 2.45) is 5.10 Å². The highest BCUT2D eigenvalue weighted by Gasteiger charge is 2.31. The molecule has 2 heterocycles. The zero-order valence-electron chi connectivity index (χ0n) is 11.1. The molecule has 19 heavy (non-hydrogen) atoms. The van der Waals surface area contributed by atoms with Gasteiger partial charge in [0.2, 0.25) is 6.54 Å². The molecule has 0 aromatic carbocycles. The quantitative estimate of drug-likeness (QED) is 0.481. The van der Waals surface area contributed by atoms with Crippen molar-refractivity contribution in [2.75, 3.05) is 6.61 Å². The van der Waals surface area contributed by atoms with Crippen LogP contribution in [0.4, 0.5) is 0 Å². The van der Waals surface area contributed by atoms with Crippen LogP contribution in [0.5, 0.6) is 0 Å². The number of rotatable bonds is 4. The third-order valence-electron chi connectivity index (χ3n) is 2.56. The second-order valence-electron chi connectivity index (χ2n) is 4.73. The van der Waals surface area contributed by atoms with Gasteiger partial charge in [-0.2, -0.15) is 9.67 Å². The highest BCUT2D eigenvalue weighted by molar-refractivity contribution is 5.75. The Morgan fingerprint density at radius 3 is 2.84 bits per heavy atom. The average Bonchev–Trinajstić information content (AvgIpc) is 2.70. The van der Waals surface area contributed by atoms with E-state index >= 15 is 0 Å². The van der Waals surface area contributed by atoms with Crippen molar-refractivity contribution in [3.8, 4) is 0 Å². The largest absolute Gasteiger partial charge is 0.347 e. The summed E-state index contributed by atoms with van der Waals surface area (Å²) in [6.07, 6.45) is 4.96. The number of nitrogens with zero attached hydrogens (tertiary/aromatic N) is 2. The highest BCUT2D eigenvalue weighted by Crippen LogP contribution is 2.20. The molecule has 0 radical (unpaired) electrons. The first-order valence-corrected chi connectivity index (χ1v) is 6.13. The number of aromatic nitrogens is 1. The second-order valence-corrected chi connectivity index (χ2v) is 4.73. The summed E-state index contributed by atoms with van der Waals surface area (Å²) in [6.45, 7) is 4.35. The predicted molar refractivity (Wildman–Crippen MR) is 68.2 cm³/mol. The number of ether oxygens (including phenoxy) is 2. The normalized spacial score (nSPS) is 21.7. The summed E-state index contributed by atoms with van der Waals surface area (Å²) in [5.74, 6) is -0.772. The molecule has 0 bridgehead atoms. The molecule has 1 fully saturated rings. The van der Waals surface area contributed by atoms with E-state index in [-0.39, 0.29) is 18.6 Å². The summed E-state index contributed by atoms with van der Waals surface area (Å²) in [4.78, 5) is 11.6. The lowest BCUT2D eigenvalue weighted by molar-refractivity contribution is -0.684. The van der Waals surface area contributed by atoms with Gasteiger partial charge in [-0.15, -0.1) is 0 Å². The van der Waals surface area contributed by atoms with Crippen molar-refractivity contribution >= 4 is 12.1 Å². The van der Waals surface area contributed by atoms with E-state index in [1.54, 1.807) is 10.8 Å². The fourth-order valence-electron chi connectivity index (χ4n) is 1.72. The zero-order chi connectivity index (χ0) is 13.7. The molecule has 6 heteroatoms. The molecule has 1 aromatic rings. The Hall–Kier alpha value is -1.79. The first-order valence-electron chi connectivity index (χ1n) is 6.13. The zero-order valence-corrected chi connectivity index (χ0v) is 11.1. The van der Waals surface area contributed by atoms with Crippen molar-refractivity contribution in [3.63, 3.8) is 0 Å². The minimum absolute atomic E-state index is 0.189. The summed E-state index contributed by atoms with van der Waals surface area (Å²) >= 11 is 0. The molecule has 1 atom stereocenters. The van der Waals surface area contributed by atoms with Gasteiger partial charge in [0.25, 0.3) is 0 Å². The number of carbonyl (C=O) groups excluding carboxylic acids is 1. The number of nitrogens with one attached hydrogen (secondary N) is 1. The number of carbonyl (C=O) groups is 1. The number of hydrogen-bond acceptors (Lipinski definition) is 4. The van der Waals surface area contributed by atoms with E-state index in [0.29, 0.717) is 6.61 Å². The topological polar surface area (TPSA) is 63.8 Å². The van der Waals surface area contributed by atoms with Crippen molar-refractivity contribution in [1.82, 2.24) is 5.43 Å². The summed E-state index contributed by atoms with van der Waals surface area (Å²) < 4.78 is 12.7. The smallest absolute Gasteiger partial charge is 0.305 e. The number of pyridine rings is 1. The number of hydrazone groups is 1. The average molecular weight is 264 g/mol. The van der Waals surface area contributed by atoms with Gasteiger partial charge in [0.05, 0.1) is 12.8 Å². The summed E-state index contributed by atoms with van der Waals surface area (Å²) in [5, 5.41) is 3.87. The van der Waals surface area contributed by atoms with Crippen LogP contribution in [0.3, 0.4) is 0 Å². The molecule has 1 N–H and O–H groups in total. The van der Waals surface area contributed by atoms with Crippen LogP contribution in [0.1, 0.15) is 13.8 Å². The molecule has 102 valence electrons. The van der Waals surface area contributed by atoms with Crippen LogP contribution in [0, 0.1) is 0 Å². The highest BCUT2D eigenvalue weighted by atomic mass is 16.7. The molecule has 2 rings (SSSR count). The molecule has 0 saturated carbocycles. The van der Waals surface area contributed by atoms with Crippen LogP contribution >= 0.6 is 0 Å². The van der Waals surface area contributed by atoms with Crippen LogP contribution < -0.4 is 9.99 Å². The molecule has 1 unspecified atom stereocenters. The van der Waals surface area contributed by atoms with Gasteiger partial charge in [-0.1, -0.05) is 6.07 Å². The molecule has 1 amide bonds. The van der Waals surface area contributed by atoms with Gasteiger partial charge in [0, 0.05) is 12.1 Å². The van der Waals surface area contributed by atoms with Crippen molar-refractivity contribution in [1.29, 1.82) is 0 Å². The Labute approximate surface area is 112 Å². The summed E-state index contributed by atoms with van der Waals surface area (Å²) in [7, 11) is 0. The Morgan fingerprint density at radius 2 is 2.21 bits per heavy atom. The van der Waals surface area contributed by atoms with E-state index < -0.39 is 5.79 Å². The third-order valence-corrected chi connectivity index (χ3v) is 2.56. The minimum Gasteiger partial charge on any atom is -0.347 e. The van der Waals surface area contributed by atoms with E-state index in [1.165, 1.54) is 0 Å². The molecule has 0 spiro atoms. The first kappa shape index (κ1) is 13.6. The van der Waals surface area contributed by atoms with Crippen molar-refractivity contribution < 1.29 is 18.8 Å². The standard InChI is InChI=1S/C13H17N3O3/c1-13(2)18-10-11(19-13)8-14-15-12(17)9-16-6-4-3-5-7-16/h3-8,11H,9-10H2,1-2H3/p+1/b14-8+. The fourth-order valence-corrected chi connectivity index (χ4v) is 1.72. The van der Waals surface area contributed by atoms with Gasteiger partial charge in [0.15, 0.2) is 18.2 Å². The molecular weight excluding hydrogens is 246 g/mol. The maximum atomic E-state index is 11.6. The predicted octanol–water partition coefficient (Wildman–Crippen LogP) is 0.228. The maximum Gasteiger partial charge on any atom is 0.305 e. The Bertz CT molecular complexity index is 459. The lowest BCUT2D eigenvalue weighted by Crippen LogP contribution is -2.41. The molecule has 1 aliphatic rings. The first-order chi connectivity index (χ1) is 9.05. The lowest BCUT2D eigenvalue weighted by Gasteiger charge is -2.15. The Kier molecular flexibility index (Phi) is 4.24. The molecule has 0 aliphatic carbocycles. The number of amides is 1. The molecular formula is C13H18N3O3+. The SMILES string of the molecule is CC1(C)OCC(/C=N/NC(=O)C[n+]2ccccc2)O1. The molecule has 1 saturated heterocycles. The van der Waals surface area contributed by atoms with Gasteiger partial charge >= 0.3 is 5.91 Å². The third kappa shape index (κ3) is 4.42. The van der Waals surface area contributed by atoms with Crippen molar-refractivity contribution in [3.05, 3.63) is 30.6 Å². The van der Waals surface area contributed by atoms with Crippen LogP contribution in [-0.2, 0) is 20.8 Å². The second kappa shape index (κ2) is 5.90. The van der Waals surface area contributed by atoms with Crippen LogP contribution in [0.25, 0.3) is 0 Å². The van der Waals surface area contributed by atoms with Gasteiger partial charge in [-0.3, -0.25) is 4.79 Å². The van der Waals surface area contributed by atoms with Gasteiger partial charge in [0.1, 0.15) is 6.10 Å². The van der Waals surface area contributed by atoms with E-state index in [1.807, 2.05) is 44.4 Å². The van der Waals surface area contributed by atoms with Crippen LogP contribution in [0.15, 0.2) is 35.7 Å². The van der Waals surface area contributed by atoms with E-state index in [9.17, 15) is 4.79 Å². The molecule has 1 aliphatic heterocycles. The van der Waals surface area contributed by atoms with E-state index in [4.69, 9.17) is 9.47 Å². The molecule has 6 nitrogen and oxygen atoms in total. The lowest BCUT2D eigenvalue weighted by atomic mass is 10.4. The summed E-state index contributed by atoms with van der Waals surface area (Å²) in [5.41, 5.74) is 2.46. The maximum absolute atomic E-state index is 11.6. The number of hydrogen-bond donors (Lipinski definition) is 1. The Morgan fingerprint density at radius 1 is 1.47 bits per heavy atom. The fraction of sp³-hybridized carbons (Fsp3) is 0.462. The van der Waals surface area contributed by atoms with Gasteiger partial charge in [-0.25, -0.2) is 5.43 Å². The molecule has 1 aromatic heterocycles. The van der Waals surface area contributed by atoms with Crippen molar-refractivity contribution in [2.45, 2.75) is 32.3 Å². The summed E-state index contributed by atoms with van der Waals surface area (Å²) in [6, 6.07) is 5.62. The van der Waals surface area contributed by atoms with Gasteiger partial charge in [-0.05, 0) is 13.8 Å².